The third-order valence-corrected chi connectivity index (χ3v) is 6.37. The Morgan fingerprint density at radius 3 is 2.57 bits per heavy atom. The number of hydrogen-bond acceptors (Lipinski definition) is 5. The molecule has 0 spiro atoms. The molecule has 23 heavy (non-hydrogen) atoms. The van der Waals surface area contributed by atoms with Crippen molar-refractivity contribution >= 4 is 33.0 Å². The molecule has 5 nitrogen and oxygen atoms in total. The molecule has 0 fully saturated rings. The SMILES string of the molecule is CCOC(=O)CN(c1ccc(C)cc1C)S(=O)(=O)c1cccs1. The average molecular weight is 353 g/mol. The van der Waals surface area contributed by atoms with Crippen LogP contribution < -0.4 is 4.31 Å². The van der Waals surface area contributed by atoms with E-state index in [9.17, 15) is 13.2 Å². The maximum atomic E-state index is 12.9. The van der Waals surface area contributed by atoms with Crippen LogP contribution in [0.3, 0.4) is 0 Å². The molecular formula is C16H19NO4S2. The summed E-state index contributed by atoms with van der Waals surface area (Å²) in [5, 5.41) is 1.69. The number of aryl methyl sites for hydroxylation is 2. The first-order valence-corrected chi connectivity index (χ1v) is 9.47. The number of rotatable bonds is 6. The highest BCUT2D eigenvalue weighted by molar-refractivity contribution is 7.94. The van der Waals surface area contributed by atoms with Gasteiger partial charge in [-0.3, -0.25) is 9.10 Å². The molecular weight excluding hydrogens is 334 g/mol. The van der Waals surface area contributed by atoms with Crippen LogP contribution in [0.4, 0.5) is 5.69 Å². The van der Waals surface area contributed by atoms with Crippen LogP contribution in [0.5, 0.6) is 0 Å². The quantitative estimate of drug-likeness (QED) is 0.749. The molecule has 0 unspecified atom stereocenters. The Morgan fingerprint density at radius 1 is 1.26 bits per heavy atom. The van der Waals surface area contributed by atoms with Gasteiger partial charge in [-0.2, -0.15) is 0 Å². The third kappa shape index (κ3) is 3.92. The van der Waals surface area contributed by atoms with Crippen LogP contribution >= 0.6 is 11.3 Å². The zero-order valence-corrected chi connectivity index (χ0v) is 14.9. The van der Waals surface area contributed by atoms with E-state index >= 15 is 0 Å². The number of sulfonamides is 1. The minimum atomic E-state index is -3.81. The second-order valence-electron chi connectivity index (χ2n) is 5.04. The number of ether oxygens (including phenoxy) is 1. The van der Waals surface area contributed by atoms with E-state index in [2.05, 4.69) is 0 Å². The van der Waals surface area contributed by atoms with E-state index in [1.807, 2.05) is 26.0 Å². The summed E-state index contributed by atoms with van der Waals surface area (Å²) in [5.41, 5.74) is 2.29. The van der Waals surface area contributed by atoms with Crippen LogP contribution in [-0.2, 0) is 19.6 Å². The van der Waals surface area contributed by atoms with Crippen LogP contribution in [0.25, 0.3) is 0 Å². The van der Waals surface area contributed by atoms with Crippen molar-refractivity contribution < 1.29 is 17.9 Å². The highest BCUT2D eigenvalue weighted by atomic mass is 32.2. The molecule has 0 aliphatic carbocycles. The Labute approximate surface area is 140 Å². The van der Waals surface area contributed by atoms with Crippen molar-refractivity contribution in [1.29, 1.82) is 0 Å². The number of thiophene rings is 1. The van der Waals surface area contributed by atoms with Crippen molar-refractivity contribution in [3.05, 3.63) is 46.8 Å². The summed E-state index contributed by atoms with van der Waals surface area (Å²) in [6.07, 6.45) is 0. The lowest BCUT2D eigenvalue weighted by atomic mass is 10.1. The number of benzene rings is 1. The van der Waals surface area contributed by atoms with Crippen molar-refractivity contribution in [3.8, 4) is 0 Å². The molecule has 0 atom stereocenters. The lowest BCUT2D eigenvalue weighted by molar-refractivity contribution is -0.141. The van der Waals surface area contributed by atoms with Crippen LogP contribution in [-0.4, -0.2) is 27.5 Å². The predicted molar refractivity (Wildman–Crippen MR) is 91.4 cm³/mol. The van der Waals surface area contributed by atoms with Crippen LogP contribution in [0.2, 0.25) is 0 Å². The fraction of sp³-hybridized carbons (Fsp3) is 0.312. The van der Waals surface area contributed by atoms with E-state index in [1.54, 1.807) is 24.4 Å². The summed E-state index contributed by atoms with van der Waals surface area (Å²) in [6.45, 7) is 5.30. The molecule has 0 aliphatic rings. The molecule has 7 heteroatoms. The summed E-state index contributed by atoms with van der Waals surface area (Å²) in [4.78, 5) is 11.9. The molecule has 0 bridgehead atoms. The van der Waals surface area contributed by atoms with Gasteiger partial charge in [0.15, 0.2) is 0 Å². The van der Waals surface area contributed by atoms with Gasteiger partial charge in [-0.1, -0.05) is 23.8 Å². The van der Waals surface area contributed by atoms with E-state index < -0.39 is 16.0 Å². The monoisotopic (exact) mass is 353 g/mol. The molecule has 0 N–H and O–H groups in total. The van der Waals surface area contributed by atoms with Crippen molar-refractivity contribution in [2.24, 2.45) is 0 Å². The number of hydrogen-bond donors (Lipinski definition) is 0. The third-order valence-electron chi connectivity index (χ3n) is 3.24. The number of carbonyl (C=O) groups excluding carboxylic acids is 1. The molecule has 1 heterocycles. The standard InChI is InChI=1S/C16H19NO4S2/c1-4-21-15(18)11-17(14-8-7-12(2)10-13(14)3)23(19,20)16-6-5-9-22-16/h5-10H,4,11H2,1-3H3. The lowest BCUT2D eigenvalue weighted by Crippen LogP contribution is -2.36. The summed E-state index contributed by atoms with van der Waals surface area (Å²) in [5.74, 6) is -0.576. The Bertz CT molecular complexity index is 782. The molecule has 0 amide bonds. The molecule has 124 valence electrons. The van der Waals surface area contributed by atoms with Gasteiger partial charge < -0.3 is 4.74 Å². The maximum absolute atomic E-state index is 12.9. The topological polar surface area (TPSA) is 63.7 Å². The summed E-state index contributed by atoms with van der Waals surface area (Å²) in [7, 11) is -3.81. The maximum Gasteiger partial charge on any atom is 0.326 e. The van der Waals surface area contributed by atoms with E-state index in [0.717, 1.165) is 26.8 Å². The molecule has 1 aromatic heterocycles. The summed E-state index contributed by atoms with van der Waals surface area (Å²) >= 11 is 1.12. The van der Waals surface area contributed by atoms with Crippen LogP contribution in [0.1, 0.15) is 18.1 Å². The van der Waals surface area contributed by atoms with Gasteiger partial charge >= 0.3 is 5.97 Å². The van der Waals surface area contributed by atoms with Crippen molar-refractivity contribution in [2.45, 2.75) is 25.0 Å². The predicted octanol–water partition coefficient (Wildman–Crippen LogP) is 3.12. The highest BCUT2D eigenvalue weighted by Gasteiger charge is 2.29. The molecule has 2 rings (SSSR count). The first-order chi connectivity index (χ1) is 10.9. The van der Waals surface area contributed by atoms with Gasteiger partial charge in [0.2, 0.25) is 0 Å². The van der Waals surface area contributed by atoms with Gasteiger partial charge in [-0.05, 0) is 43.8 Å². The Hall–Kier alpha value is -1.86. The molecule has 0 saturated carbocycles. The fourth-order valence-corrected chi connectivity index (χ4v) is 4.81. The van der Waals surface area contributed by atoms with Gasteiger partial charge in [0.25, 0.3) is 10.0 Å². The first-order valence-electron chi connectivity index (χ1n) is 7.15. The number of nitrogens with zero attached hydrogens (tertiary/aromatic N) is 1. The largest absolute Gasteiger partial charge is 0.465 e. The van der Waals surface area contributed by atoms with E-state index in [-0.39, 0.29) is 17.4 Å². The molecule has 1 aromatic carbocycles. The smallest absolute Gasteiger partial charge is 0.326 e. The normalized spacial score (nSPS) is 11.3. The Balaban J connectivity index is 2.50. The fourth-order valence-electron chi connectivity index (χ4n) is 2.23. The van der Waals surface area contributed by atoms with Crippen LogP contribution in [0.15, 0.2) is 39.9 Å². The van der Waals surface area contributed by atoms with Crippen molar-refractivity contribution in [2.75, 3.05) is 17.5 Å². The lowest BCUT2D eigenvalue weighted by Gasteiger charge is -2.24. The summed E-state index contributed by atoms with van der Waals surface area (Å²) < 4.78 is 32.0. The van der Waals surface area contributed by atoms with Crippen molar-refractivity contribution in [3.63, 3.8) is 0 Å². The van der Waals surface area contributed by atoms with Crippen LogP contribution in [0, 0.1) is 13.8 Å². The minimum Gasteiger partial charge on any atom is -0.465 e. The second-order valence-corrected chi connectivity index (χ2v) is 8.08. The first kappa shape index (κ1) is 17.5. The number of anilines is 1. The minimum absolute atomic E-state index is 0.196. The van der Waals surface area contributed by atoms with E-state index in [1.165, 1.54) is 6.07 Å². The van der Waals surface area contributed by atoms with Gasteiger partial charge in [0.05, 0.1) is 12.3 Å². The highest BCUT2D eigenvalue weighted by Crippen LogP contribution is 2.29. The summed E-state index contributed by atoms with van der Waals surface area (Å²) in [6, 6.07) is 8.63. The number of esters is 1. The number of carbonyl (C=O) groups is 1. The average Bonchev–Trinajstić information content (AvgIpc) is 3.00. The van der Waals surface area contributed by atoms with Gasteiger partial charge in [0, 0.05) is 0 Å². The Morgan fingerprint density at radius 2 is 2.00 bits per heavy atom. The van der Waals surface area contributed by atoms with E-state index in [0.29, 0.717) is 5.69 Å². The zero-order chi connectivity index (χ0) is 17.0. The van der Waals surface area contributed by atoms with Crippen molar-refractivity contribution in [1.82, 2.24) is 0 Å². The molecule has 2 aromatic rings. The molecule has 0 aliphatic heterocycles. The van der Waals surface area contributed by atoms with Gasteiger partial charge in [-0.15, -0.1) is 11.3 Å². The Kier molecular flexibility index (Phi) is 5.43. The zero-order valence-electron chi connectivity index (χ0n) is 13.3. The van der Waals surface area contributed by atoms with E-state index in [4.69, 9.17) is 4.74 Å². The molecule has 0 radical (unpaired) electrons. The molecule has 0 saturated heterocycles. The second kappa shape index (κ2) is 7.14. The van der Waals surface area contributed by atoms with Gasteiger partial charge in [-0.25, -0.2) is 8.42 Å². The van der Waals surface area contributed by atoms with Gasteiger partial charge in [0.1, 0.15) is 10.8 Å².